The number of benzene rings is 1. The highest BCUT2D eigenvalue weighted by atomic mass is 19.3. The number of alkyl halides is 2. The number of ether oxygens (including phenoxy) is 2. The fraction of sp³-hybridized carbons (Fsp3) is 0.500. The molecule has 1 aromatic rings. The van der Waals surface area contributed by atoms with Crippen molar-refractivity contribution in [2.45, 2.75) is 19.3 Å². The maximum Gasteiger partial charge on any atom is 0.275 e. The Balaban J connectivity index is 2.41. The zero-order chi connectivity index (χ0) is 12.5. The topological polar surface area (TPSA) is 38.7 Å². The summed E-state index contributed by atoms with van der Waals surface area (Å²) in [6, 6.07) is 2.86. The lowest BCUT2D eigenvalue weighted by molar-refractivity contribution is -0.0278. The molecule has 0 aromatic heterocycles. The maximum absolute atomic E-state index is 13.7. The van der Waals surface area contributed by atoms with Crippen molar-refractivity contribution in [1.29, 1.82) is 0 Å². The van der Waals surface area contributed by atoms with Crippen LogP contribution in [0.2, 0.25) is 0 Å². The second kappa shape index (κ2) is 4.49. The Morgan fingerprint density at radius 2 is 1.82 bits per heavy atom. The molecule has 3 nitrogen and oxygen atoms in total. The van der Waals surface area contributed by atoms with E-state index < -0.39 is 19.0 Å². The zero-order valence-electron chi connectivity index (χ0n) is 9.50. The van der Waals surface area contributed by atoms with Gasteiger partial charge in [0.2, 0.25) is 0 Å². The largest absolute Gasteiger partial charge is 0.486 e. The Morgan fingerprint density at radius 3 is 2.41 bits per heavy atom. The van der Waals surface area contributed by atoms with Gasteiger partial charge in [0.25, 0.3) is 5.92 Å². The average Bonchev–Trinajstić information content (AvgIpc) is 2.27. The highest BCUT2D eigenvalue weighted by Gasteiger charge is 2.34. The van der Waals surface area contributed by atoms with Crippen LogP contribution in [0, 0.1) is 6.92 Å². The molecule has 0 bridgehead atoms. The summed E-state index contributed by atoms with van der Waals surface area (Å²) in [4.78, 5) is 0. The molecule has 0 radical (unpaired) electrons. The Bertz CT molecular complexity index is 418. The first-order valence-electron chi connectivity index (χ1n) is 5.44. The van der Waals surface area contributed by atoms with Crippen molar-refractivity contribution in [3.05, 3.63) is 23.3 Å². The standard InChI is InChI=1S/C12H14F2O3/c1-8-6-10-11(17-5-4-16-10)7-9(8)12(13,14)2-3-15/h6-7,15H,2-5H2,1H3. The molecule has 0 saturated heterocycles. The smallest absolute Gasteiger partial charge is 0.275 e. The molecule has 94 valence electrons. The summed E-state index contributed by atoms with van der Waals surface area (Å²) in [5.74, 6) is -2.21. The molecule has 1 aromatic carbocycles. The highest BCUT2D eigenvalue weighted by molar-refractivity contribution is 5.49. The molecule has 0 saturated carbocycles. The normalized spacial score (nSPS) is 14.8. The number of rotatable bonds is 3. The summed E-state index contributed by atoms with van der Waals surface area (Å²) in [6.07, 6.45) is -0.590. The van der Waals surface area contributed by atoms with Gasteiger partial charge in [-0.2, -0.15) is 0 Å². The molecule has 2 rings (SSSR count). The first-order chi connectivity index (χ1) is 8.04. The molecule has 0 unspecified atom stereocenters. The molecule has 17 heavy (non-hydrogen) atoms. The monoisotopic (exact) mass is 244 g/mol. The van der Waals surface area contributed by atoms with Crippen molar-refractivity contribution in [3.63, 3.8) is 0 Å². The molecule has 1 heterocycles. The van der Waals surface area contributed by atoms with Crippen LogP contribution in [0.4, 0.5) is 8.78 Å². The van der Waals surface area contributed by atoms with Gasteiger partial charge in [-0.3, -0.25) is 0 Å². The van der Waals surface area contributed by atoms with Gasteiger partial charge >= 0.3 is 0 Å². The molecular formula is C12H14F2O3. The van der Waals surface area contributed by atoms with E-state index in [-0.39, 0.29) is 5.56 Å². The molecule has 5 heteroatoms. The van der Waals surface area contributed by atoms with Gasteiger partial charge in [0.05, 0.1) is 0 Å². The van der Waals surface area contributed by atoms with E-state index in [1.165, 1.54) is 6.07 Å². The van der Waals surface area contributed by atoms with Crippen LogP contribution >= 0.6 is 0 Å². The summed E-state index contributed by atoms with van der Waals surface area (Å²) in [5, 5.41) is 8.66. The average molecular weight is 244 g/mol. The van der Waals surface area contributed by atoms with Gasteiger partial charge in [0.1, 0.15) is 13.2 Å². The lowest BCUT2D eigenvalue weighted by Gasteiger charge is -2.23. The van der Waals surface area contributed by atoms with E-state index in [2.05, 4.69) is 0 Å². The quantitative estimate of drug-likeness (QED) is 0.886. The fourth-order valence-electron chi connectivity index (χ4n) is 1.86. The predicted octanol–water partition coefficient (Wildman–Crippen LogP) is 2.24. The van der Waals surface area contributed by atoms with E-state index >= 15 is 0 Å². The first-order valence-corrected chi connectivity index (χ1v) is 5.44. The third-order valence-corrected chi connectivity index (χ3v) is 2.71. The van der Waals surface area contributed by atoms with E-state index in [4.69, 9.17) is 14.6 Å². The van der Waals surface area contributed by atoms with Crippen molar-refractivity contribution < 1.29 is 23.4 Å². The van der Waals surface area contributed by atoms with Crippen LogP contribution in [0.3, 0.4) is 0 Å². The van der Waals surface area contributed by atoms with Crippen molar-refractivity contribution in [1.82, 2.24) is 0 Å². The van der Waals surface area contributed by atoms with Gasteiger partial charge in [0, 0.05) is 18.6 Å². The van der Waals surface area contributed by atoms with Crippen molar-refractivity contribution in [2.75, 3.05) is 19.8 Å². The van der Waals surface area contributed by atoms with Gasteiger partial charge in [-0.25, -0.2) is 8.78 Å². The van der Waals surface area contributed by atoms with Gasteiger partial charge in [0.15, 0.2) is 11.5 Å². The van der Waals surface area contributed by atoms with Crippen LogP contribution < -0.4 is 9.47 Å². The van der Waals surface area contributed by atoms with Crippen LogP contribution in [0.25, 0.3) is 0 Å². The third kappa shape index (κ3) is 2.34. The second-order valence-electron chi connectivity index (χ2n) is 3.99. The Kier molecular flexibility index (Phi) is 3.19. The van der Waals surface area contributed by atoms with Crippen molar-refractivity contribution in [2.24, 2.45) is 0 Å². The summed E-state index contributed by atoms with van der Waals surface area (Å²) in [5.41, 5.74) is 0.323. The Hall–Kier alpha value is -1.36. The van der Waals surface area contributed by atoms with E-state index in [9.17, 15) is 8.78 Å². The molecule has 1 aliphatic rings. The summed E-state index contributed by atoms with van der Waals surface area (Å²) >= 11 is 0. The molecule has 1 N–H and O–H groups in total. The minimum absolute atomic E-state index is 0.115. The maximum atomic E-state index is 13.7. The van der Waals surface area contributed by atoms with Crippen molar-refractivity contribution in [3.8, 4) is 11.5 Å². The number of aliphatic hydroxyl groups is 1. The predicted molar refractivity (Wildman–Crippen MR) is 57.8 cm³/mol. The molecule has 0 aliphatic carbocycles. The molecule has 0 fully saturated rings. The summed E-state index contributed by atoms with van der Waals surface area (Å²) in [6.45, 7) is 1.83. The second-order valence-corrected chi connectivity index (χ2v) is 3.99. The lowest BCUT2D eigenvalue weighted by atomic mass is 9.99. The lowest BCUT2D eigenvalue weighted by Crippen LogP contribution is -2.20. The summed E-state index contributed by atoms with van der Waals surface area (Å²) in [7, 11) is 0. The molecule has 0 spiro atoms. The van der Waals surface area contributed by atoms with Gasteiger partial charge in [-0.1, -0.05) is 0 Å². The van der Waals surface area contributed by atoms with Crippen LogP contribution in [-0.2, 0) is 5.92 Å². The first kappa shape index (κ1) is 12.1. The number of aliphatic hydroxyl groups excluding tert-OH is 1. The number of hydrogen-bond acceptors (Lipinski definition) is 3. The van der Waals surface area contributed by atoms with Crippen LogP contribution in [-0.4, -0.2) is 24.9 Å². The van der Waals surface area contributed by atoms with E-state index in [0.29, 0.717) is 30.3 Å². The number of fused-ring (bicyclic) bond motifs is 1. The number of hydrogen-bond donors (Lipinski definition) is 1. The van der Waals surface area contributed by atoms with Crippen LogP contribution in [0.15, 0.2) is 12.1 Å². The van der Waals surface area contributed by atoms with Gasteiger partial charge in [-0.15, -0.1) is 0 Å². The third-order valence-electron chi connectivity index (χ3n) is 2.71. The van der Waals surface area contributed by atoms with Crippen LogP contribution in [0.1, 0.15) is 17.5 Å². The highest BCUT2D eigenvalue weighted by Crippen LogP contribution is 2.40. The van der Waals surface area contributed by atoms with E-state index in [0.717, 1.165) is 0 Å². The minimum Gasteiger partial charge on any atom is -0.486 e. The van der Waals surface area contributed by atoms with Crippen LogP contribution in [0.5, 0.6) is 11.5 Å². The molecular weight excluding hydrogens is 230 g/mol. The fourth-order valence-corrected chi connectivity index (χ4v) is 1.86. The van der Waals surface area contributed by atoms with Crippen molar-refractivity contribution >= 4 is 0 Å². The number of halogens is 2. The Morgan fingerprint density at radius 1 is 1.24 bits per heavy atom. The zero-order valence-corrected chi connectivity index (χ0v) is 9.50. The molecule has 0 amide bonds. The SMILES string of the molecule is Cc1cc2c(cc1C(F)(F)CCO)OCCO2. The van der Waals surface area contributed by atoms with E-state index in [1.807, 2.05) is 0 Å². The number of aryl methyl sites for hydroxylation is 1. The Labute approximate surface area is 98.0 Å². The van der Waals surface area contributed by atoms with E-state index in [1.54, 1.807) is 13.0 Å². The van der Waals surface area contributed by atoms with Gasteiger partial charge < -0.3 is 14.6 Å². The minimum atomic E-state index is -3.05. The summed E-state index contributed by atoms with van der Waals surface area (Å²) < 4.78 is 38.0. The molecule has 1 aliphatic heterocycles. The molecule has 0 atom stereocenters. The van der Waals surface area contributed by atoms with Gasteiger partial charge in [-0.05, 0) is 24.6 Å².